The van der Waals surface area contributed by atoms with Gasteiger partial charge in [0, 0.05) is 12.4 Å². The van der Waals surface area contributed by atoms with E-state index in [1.165, 1.54) is 24.2 Å². The molecule has 0 aliphatic carbocycles. The molecule has 1 amide bonds. The molecule has 0 saturated heterocycles. The van der Waals surface area contributed by atoms with E-state index in [4.69, 9.17) is 16.0 Å². The Morgan fingerprint density at radius 1 is 1.44 bits per heavy atom. The van der Waals surface area contributed by atoms with Crippen molar-refractivity contribution in [3.8, 4) is 0 Å². The summed E-state index contributed by atoms with van der Waals surface area (Å²) in [6.07, 6.45) is 4.43. The molecule has 5 N–H and O–H groups in total. The van der Waals surface area contributed by atoms with E-state index < -0.39 is 5.91 Å². The van der Waals surface area contributed by atoms with Crippen molar-refractivity contribution in [1.82, 2.24) is 15.4 Å². The second-order valence-corrected chi connectivity index (χ2v) is 4.27. The van der Waals surface area contributed by atoms with E-state index in [0.29, 0.717) is 27.9 Å². The molecule has 0 bridgehead atoms. The standard InChI is InChI=1S/C10H11N5O2S/c11-8-10(14-2-1-13-8)18-5-7-3-6(4-17-7)9(16)15-12/h1-4H,5,12H2,(H2,11,13)(H,15,16). The predicted octanol–water partition coefficient (Wildman–Crippen LogP) is 0.548. The van der Waals surface area contributed by atoms with Gasteiger partial charge in [0.1, 0.15) is 17.0 Å². The molecule has 2 aromatic rings. The Kier molecular flexibility index (Phi) is 3.80. The average Bonchev–Trinajstić information content (AvgIpc) is 2.86. The number of thioether (sulfide) groups is 1. The molecule has 8 heteroatoms. The number of anilines is 1. The van der Waals surface area contributed by atoms with E-state index in [2.05, 4.69) is 9.97 Å². The maximum absolute atomic E-state index is 11.2. The maximum Gasteiger partial charge on any atom is 0.268 e. The molecule has 0 radical (unpaired) electrons. The third kappa shape index (κ3) is 2.79. The number of hydrogen-bond acceptors (Lipinski definition) is 7. The second kappa shape index (κ2) is 5.52. The number of carbonyl (C=O) groups is 1. The third-order valence-electron chi connectivity index (χ3n) is 2.09. The lowest BCUT2D eigenvalue weighted by Crippen LogP contribution is -2.29. The summed E-state index contributed by atoms with van der Waals surface area (Å²) in [7, 11) is 0. The van der Waals surface area contributed by atoms with Crippen molar-refractivity contribution in [1.29, 1.82) is 0 Å². The quantitative estimate of drug-likeness (QED) is 0.319. The van der Waals surface area contributed by atoms with Gasteiger partial charge in [0.25, 0.3) is 5.91 Å². The summed E-state index contributed by atoms with van der Waals surface area (Å²) < 4.78 is 5.22. The fraction of sp³-hybridized carbons (Fsp3) is 0.100. The molecule has 0 aliphatic rings. The number of amides is 1. The number of nitrogens with one attached hydrogen (secondary N) is 1. The zero-order valence-corrected chi connectivity index (χ0v) is 10.1. The first-order valence-corrected chi connectivity index (χ1v) is 5.97. The van der Waals surface area contributed by atoms with Crippen molar-refractivity contribution in [2.24, 2.45) is 5.84 Å². The minimum atomic E-state index is -0.394. The Morgan fingerprint density at radius 3 is 2.94 bits per heavy atom. The monoisotopic (exact) mass is 265 g/mol. The van der Waals surface area contributed by atoms with Gasteiger partial charge in [0.2, 0.25) is 0 Å². The van der Waals surface area contributed by atoms with Crippen LogP contribution in [0.15, 0.2) is 34.2 Å². The first kappa shape index (κ1) is 12.4. The summed E-state index contributed by atoms with van der Waals surface area (Å²) in [4.78, 5) is 19.2. The number of aromatic nitrogens is 2. The SMILES string of the molecule is NNC(=O)c1coc(CSc2nccnc2N)c1. The van der Waals surface area contributed by atoms with Crippen LogP contribution >= 0.6 is 11.8 Å². The zero-order valence-electron chi connectivity index (χ0n) is 9.29. The number of hydrogen-bond donors (Lipinski definition) is 3. The number of carbonyl (C=O) groups excluding carboxylic acids is 1. The molecule has 2 heterocycles. The van der Waals surface area contributed by atoms with Gasteiger partial charge < -0.3 is 10.2 Å². The molecule has 0 unspecified atom stereocenters. The van der Waals surface area contributed by atoms with Crippen molar-refractivity contribution in [2.45, 2.75) is 10.8 Å². The number of nitrogen functional groups attached to an aromatic ring is 2. The van der Waals surface area contributed by atoms with Crippen LogP contribution in [0.1, 0.15) is 16.1 Å². The molecule has 2 aromatic heterocycles. The lowest BCUT2D eigenvalue weighted by molar-refractivity contribution is 0.0953. The fourth-order valence-corrected chi connectivity index (χ4v) is 2.01. The van der Waals surface area contributed by atoms with Gasteiger partial charge in [-0.15, -0.1) is 0 Å². The van der Waals surface area contributed by atoms with Gasteiger partial charge in [-0.25, -0.2) is 15.8 Å². The highest BCUT2D eigenvalue weighted by Gasteiger charge is 2.10. The van der Waals surface area contributed by atoms with Crippen LogP contribution in [-0.4, -0.2) is 15.9 Å². The topological polar surface area (TPSA) is 120 Å². The smallest absolute Gasteiger partial charge is 0.268 e. The summed E-state index contributed by atoms with van der Waals surface area (Å²) >= 11 is 1.38. The average molecular weight is 265 g/mol. The van der Waals surface area contributed by atoms with Gasteiger partial charge in [0.05, 0.1) is 11.3 Å². The van der Waals surface area contributed by atoms with E-state index in [1.54, 1.807) is 12.3 Å². The molecule has 0 spiro atoms. The van der Waals surface area contributed by atoms with E-state index in [9.17, 15) is 4.79 Å². The van der Waals surface area contributed by atoms with Crippen molar-refractivity contribution in [3.63, 3.8) is 0 Å². The van der Waals surface area contributed by atoms with E-state index in [-0.39, 0.29) is 0 Å². The number of nitrogens with two attached hydrogens (primary N) is 2. The molecule has 94 valence electrons. The van der Waals surface area contributed by atoms with Gasteiger partial charge in [0.15, 0.2) is 5.82 Å². The highest BCUT2D eigenvalue weighted by molar-refractivity contribution is 7.98. The minimum Gasteiger partial charge on any atom is -0.468 e. The molecule has 18 heavy (non-hydrogen) atoms. The van der Waals surface area contributed by atoms with Crippen LogP contribution in [0.4, 0.5) is 5.82 Å². The normalized spacial score (nSPS) is 10.3. The molecule has 0 saturated carbocycles. The van der Waals surface area contributed by atoms with Crippen molar-refractivity contribution in [3.05, 3.63) is 36.0 Å². The van der Waals surface area contributed by atoms with Crippen LogP contribution in [0.5, 0.6) is 0 Å². The zero-order chi connectivity index (χ0) is 13.0. The Balaban J connectivity index is 2.01. The lowest BCUT2D eigenvalue weighted by Gasteiger charge is -2.00. The van der Waals surface area contributed by atoms with Crippen molar-refractivity contribution < 1.29 is 9.21 Å². The molecule has 2 rings (SSSR count). The summed E-state index contributed by atoms with van der Waals surface area (Å²) in [6.45, 7) is 0. The lowest BCUT2D eigenvalue weighted by atomic mass is 10.3. The van der Waals surface area contributed by atoms with E-state index in [0.717, 1.165) is 0 Å². The summed E-state index contributed by atoms with van der Waals surface area (Å²) in [5.41, 5.74) is 8.06. The Bertz CT molecular complexity index is 557. The first-order chi connectivity index (χ1) is 8.70. The van der Waals surface area contributed by atoms with Crippen LogP contribution in [0.2, 0.25) is 0 Å². The first-order valence-electron chi connectivity index (χ1n) is 4.98. The van der Waals surface area contributed by atoms with Crippen LogP contribution in [0.3, 0.4) is 0 Å². The molecule has 0 aromatic carbocycles. The predicted molar refractivity (Wildman–Crippen MR) is 66.4 cm³/mol. The van der Waals surface area contributed by atoms with Crippen molar-refractivity contribution >= 4 is 23.5 Å². The van der Waals surface area contributed by atoms with Gasteiger partial charge >= 0.3 is 0 Å². The summed E-state index contributed by atoms with van der Waals surface area (Å²) in [5.74, 6) is 6.12. The molecule has 7 nitrogen and oxygen atoms in total. The maximum atomic E-state index is 11.2. The molecular formula is C10H11N5O2S. The largest absolute Gasteiger partial charge is 0.468 e. The highest BCUT2D eigenvalue weighted by atomic mass is 32.2. The van der Waals surface area contributed by atoms with Crippen LogP contribution in [-0.2, 0) is 5.75 Å². The summed E-state index contributed by atoms with van der Waals surface area (Å²) in [5, 5.41) is 0.624. The second-order valence-electron chi connectivity index (χ2n) is 3.31. The van der Waals surface area contributed by atoms with E-state index in [1.807, 2.05) is 5.43 Å². The molecule has 0 atom stereocenters. The Morgan fingerprint density at radius 2 is 2.22 bits per heavy atom. The van der Waals surface area contributed by atoms with Crippen molar-refractivity contribution in [2.75, 3.05) is 5.73 Å². The Labute approximate surface area is 107 Å². The Hall–Kier alpha value is -2.06. The van der Waals surface area contributed by atoms with Gasteiger partial charge in [-0.3, -0.25) is 10.2 Å². The molecular weight excluding hydrogens is 254 g/mol. The molecule has 0 fully saturated rings. The van der Waals surface area contributed by atoms with Gasteiger partial charge in [-0.2, -0.15) is 0 Å². The molecule has 0 aliphatic heterocycles. The number of nitrogens with zero attached hydrogens (tertiary/aromatic N) is 2. The van der Waals surface area contributed by atoms with Crippen LogP contribution in [0.25, 0.3) is 0 Å². The van der Waals surface area contributed by atoms with Crippen LogP contribution in [0, 0.1) is 0 Å². The number of rotatable bonds is 4. The van der Waals surface area contributed by atoms with E-state index >= 15 is 0 Å². The fourth-order valence-electron chi connectivity index (χ4n) is 1.25. The van der Waals surface area contributed by atoms with Gasteiger partial charge in [-0.1, -0.05) is 11.8 Å². The minimum absolute atomic E-state index is 0.369. The van der Waals surface area contributed by atoms with Gasteiger partial charge in [-0.05, 0) is 6.07 Å². The number of hydrazine groups is 1. The number of furan rings is 1. The summed E-state index contributed by atoms with van der Waals surface area (Å²) in [6, 6.07) is 1.61. The highest BCUT2D eigenvalue weighted by Crippen LogP contribution is 2.24. The van der Waals surface area contributed by atoms with Crippen LogP contribution < -0.4 is 17.0 Å². The third-order valence-corrected chi connectivity index (χ3v) is 3.11.